The maximum atomic E-state index is 9.95. The van der Waals surface area contributed by atoms with Gasteiger partial charge in [0.1, 0.15) is 0 Å². The third-order valence-electron chi connectivity index (χ3n) is 5.37. The first kappa shape index (κ1) is 17.6. The van der Waals surface area contributed by atoms with E-state index >= 15 is 0 Å². The van der Waals surface area contributed by atoms with Crippen LogP contribution in [0.5, 0.6) is 11.5 Å². The van der Waals surface area contributed by atoms with E-state index in [9.17, 15) is 5.11 Å². The van der Waals surface area contributed by atoms with Crippen molar-refractivity contribution in [3.8, 4) is 22.6 Å². The van der Waals surface area contributed by atoms with E-state index in [0.29, 0.717) is 5.75 Å². The van der Waals surface area contributed by atoms with Crippen molar-refractivity contribution in [3.63, 3.8) is 0 Å². The van der Waals surface area contributed by atoms with Crippen molar-refractivity contribution in [1.29, 1.82) is 0 Å². The topological polar surface area (TPSA) is 32.7 Å². The molecule has 0 aliphatic carbocycles. The fourth-order valence-corrected chi connectivity index (χ4v) is 3.77. The van der Waals surface area contributed by atoms with Crippen LogP contribution in [0.1, 0.15) is 16.7 Å². The van der Waals surface area contributed by atoms with Crippen LogP contribution in [0.3, 0.4) is 0 Å². The zero-order chi connectivity index (χ0) is 18.6. The molecule has 0 saturated heterocycles. The van der Waals surface area contributed by atoms with Crippen LogP contribution >= 0.6 is 0 Å². The Morgan fingerprint density at radius 2 is 1.67 bits per heavy atom. The van der Waals surface area contributed by atoms with Crippen molar-refractivity contribution in [2.75, 3.05) is 20.2 Å². The van der Waals surface area contributed by atoms with E-state index in [1.807, 2.05) is 18.2 Å². The number of hydrogen-bond acceptors (Lipinski definition) is 3. The summed E-state index contributed by atoms with van der Waals surface area (Å²) >= 11 is 0. The number of hydrogen-bond donors (Lipinski definition) is 1. The first-order valence-corrected chi connectivity index (χ1v) is 9.48. The van der Waals surface area contributed by atoms with Gasteiger partial charge in [-0.15, -0.1) is 0 Å². The number of methoxy groups -OCH3 is 1. The largest absolute Gasteiger partial charge is 0.504 e. The van der Waals surface area contributed by atoms with E-state index in [1.54, 1.807) is 7.11 Å². The van der Waals surface area contributed by atoms with Gasteiger partial charge in [0.2, 0.25) is 0 Å². The summed E-state index contributed by atoms with van der Waals surface area (Å²) in [5.41, 5.74) is 6.38. The molecule has 3 aromatic carbocycles. The van der Waals surface area contributed by atoms with Crippen molar-refractivity contribution < 1.29 is 9.84 Å². The highest BCUT2D eigenvalue weighted by Gasteiger charge is 2.18. The van der Waals surface area contributed by atoms with Gasteiger partial charge in [-0.1, -0.05) is 54.6 Å². The average molecular weight is 359 g/mol. The zero-order valence-corrected chi connectivity index (χ0v) is 15.7. The van der Waals surface area contributed by atoms with Crippen molar-refractivity contribution in [2.45, 2.75) is 19.4 Å². The van der Waals surface area contributed by atoms with E-state index in [4.69, 9.17) is 4.74 Å². The van der Waals surface area contributed by atoms with Gasteiger partial charge in [0.15, 0.2) is 11.5 Å². The van der Waals surface area contributed by atoms with Crippen molar-refractivity contribution in [3.05, 3.63) is 83.4 Å². The van der Waals surface area contributed by atoms with E-state index in [-0.39, 0.29) is 5.75 Å². The van der Waals surface area contributed by atoms with Crippen LogP contribution in [-0.4, -0.2) is 30.2 Å². The van der Waals surface area contributed by atoms with Gasteiger partial charge in [-0.25, -0.2) is 0 Å². The Morgan fingerprint density at radius 3 is 2.41 bits per heavy atom. The number of nitrogens with zero attached hydrogens (tertiary/aromatic N) is 1. The van der Waals surface area contributed by atoms with Gasteiger partial charge in [-0.2, -0.15) is 0 Å². The number of ether oxygens (including phenoxy) is 1. The van der Waals surface area contributed by atoms with Gasteiger partial charge in [-0.05, 0) is 52.8 Å². The maximum absolute atomic E-state index is 9.95. The molecule has 0 atom stereocenters. The second-order valence-electron chi connectivity index (χ2n) is 7.13. The number of aromatic hydroxyl groups is 1. The number of phenolic OH excluding ortho intramolecular Hbond substituents is 1. The molecule has 1 aliphatic heterocycles. The van der Waals surface area contributed by atoms with Crippen molar-refractivity contribution in [1.82, 2.24) is 4.90 Å². The Kier molecular flexibility index (Phi) is 5.12. The first-order valence-electron chi connectivity index (χ1n) is 9.48. The summed E-state index contributed by atoms with van der Waals surface area (Å²) in [6.07, 6.45) is 2.01. The average Bonchev–Trinajstić information content (AvgIpc) is 2.73. The fourth-order valence-electron chi connectivity index (χ4n) is 3.77. The number of benzene rings is 3. The number of phenols is 1. The highest BCUT2D eigenvalue weighted by Crippen LogP contribution is 2.32. The Morgan fingerprint density at radius 1 is 0.926 bits per heavy atom. The fraction of sp³-hybridized carbons (Fsp3) is 0.250. The van der Waals surface area contributed by atoms with Gasteiger partial charge in [0, 0.05) is 19.6 Å². The molecule has 0 aromatic heterocycles. The van der Waals surface area contributed by atoms with Crippen molar-refractivity contribution in [2.24, 2.45) is 0 Å². The van der Waals surface area contributed by atoms with Gasteiger partial charge < -0.3 is 9.84 Å². The minimum absolute atomic E-state index is 0.239. The van der Waals surface area contributed by atoms with Crippen LogP contribution in [0.2, 0.25) is 0 Å². The Hall–Kier alpha value is -2.78. The van der Waals surface area contributed by atoms with Crippen LogP contribution in [0, 0.1) is 0 Å². The normalized spacial score (nSPS) is 14.0. The van der Waals surface area contributed by atoms with E-state index in [0.717, 1.165) is 32.5 Å². The van der Waals surface area contributed by atoms with Crippen LogP contribution in [0.4, 0.5) is 0 Å². The number of rotatable bonds is 5. The van der Waals surface area contributed by atoms with Crippen LogP contribution in [0.15, 0.2) is 66.7 Å². The summed E-state index contributed by atoms with van der Waals surface area (Å²) in [6, 6.07) is 23.2. The highest BCUT2D eigenvalue weighted by atomic mass is 16.5. The van der Waals surface area contributed by atoms with Crippen LogP contribution in [-0.2, 0) is 19.4 Å². The summed E-state index contributed by atoms with van der Waals surface area (Å²) in [5.74, 6) is 0.801. The molecule has 3 nitrogen and oxygen atoms in total. The molecular formula is C24H25NO2. The maximum Gasteiger partial charge on any atom is 0.160 e. The number of fused-ring (bicyclic) bond motifs is 1. The summed E-state index contributed by atoms with van der Waals surface area (Å²) in [7, 11) is 1.60. The summed E-state index contributed by atoms with van der Waals surface area (Å²) in [6.45, 7) is 2.97. The Bertz CT molecular complexity index is 904. The molecule has 0 amide bonds. The second-order valence-corrected chi connectivity index (χ2v) is 7.13. The standard InChI is InChI=1S/C24H25NO2/c1-27-24-16-22-17-25(14-12-21(22)15-23(24)26)13-11-18-7-9-20(10-8-18)19-5-3-2-4-6-19/h2-10,15-16,26H,11-14,17H2,1H3. The molecule has 3 heteroatoms. The minimum atomic E-state index is 0.239. The van der Waals surface area contributed by atoms with E-state index in [1.165, 1.54) is 27.8 Å². The second kappa shape index (κ2) is 7.85. The monoisotopic (exact) mass is 359 g/mol. The summed E-state index contributed by atoms with van der Waals surface area (Å²) < 4.78 is 5.25. The Labute approximate surface area is 160 Å². The first-order chi connectivity index (χ1) is 13.2. The molecule has 27 heavy (non-hydrogen) atoms. The molecule has 0 fully saturated rings. The molecule has 0 bridgehead atoms. The SMILES string of the molecule is COc1cc2c(cc1O)CCN(CCc1ccc(-c3ccccc3)cc1)C2. The van der Waals surface area contributed by atoms with Gasteiger partial charge in [-0.3, -0.25) is 4.90 Å². The highest BCUT2D eigenvalue weighted by molar-refractivity contribution is 5.63. The summed E-state index contributed by atoms with van der Waals surface area (Å²) in [5, 5.41) is 9.95. The molecule has 0 unspecified atom stereocenters. The quantitative estimate of drug-likeness (QED) is 0.719. The molecule has 1 aliphatic rings. The molecular weight excluding hydrogens is 334 g/mol. The zero-order valence-electron chi connectivity index (χ0n) is 15.7. The predicted molar refractivity (Wildman–Crippen MR) is 109 cm³/mol. The lowest BCUT2D eigenvalue weighted by atomic mass is 9.98. The molecule has 3 aromatic rings. The lowest BCUT2D eigenvalue weighted by Gasteiger charge is -2.29. The lowest BCUT2D eigenvalue weighted by Crippen LogP contribution is -2.32. The molecule has 0 spiro atoms. The molecule has 1 heterocycles. The lowest BCUT2D eigenvalue weighted by molar-refractivity contribution is 0.256. The molecule has 1 N–H and O–H groups in total. The van der Waals surface area contributed by atoms with Gasteiger partial charge in [0.25, 0.3) is 0 Å². The van der Waals surface area contributed by atoms with Crippen LogP contribution in [0.25, 0.3) is 11.1 Å². The van der Waals surface area contributed by atoms with Gasteiger partial charge >= 0.3 is 0 Å². The molecule has 4 rings (SSSR count). The molecule has 138 valence electrons. The van der Waals surface area contributed by atoms with Crippen molar-refractivity contribution >= 4 is 0 Å². The Balaban J connectivity index is 1.38. The van der Waals surface area contributed by atoms with E-state index < -0.39 is 0 Å². The van der Waals surface area contributed by atoms with E-state index in [2.05, 4.69) is 53.4 Å². The predicted octanol–water partition coefficient (Wildman–Crippen LogP) is 4.67. The minimum Gasteiger partial charge on any atom is -0.504 e. The molecule has 0 saturated carbocycles. The van der Waals surface area contributed by atoms with Crippen LogP contribution < -0.4 is 4.74 Å². The molecule has 0 radical (unpaired) electrons. The summed E-state index contributed by atoms with van der Waals surface area (Å²) in [4.78, 5) is 2.48. The smallest absolute Gasteiger partial charge is 0.160 e. The third-order valence-corrected chi connectivity index (χ3v) is 5.37. The van der Waals surface area contributed by atoms with Gasteiger partial charge in [0.05, 0.1) is 7.11 Å². The third kappa shape index (κ3) is 3.99.